The highest BCUT2D eigenvalue weighted by molar-refractivity contribution is 6.33. The van der Waals surface area contributed by atoms with Crippen molar-refractivity contribution in [1.29, 1.82) is 0 Å². The zero-order valence-electron chi connectivity index (χ0n) is 11.0. The molecule has 2 aliphatic rings. The summed E-state index contributed by atoms with van der Waals surface area (Å²) >= 11 is 6.23. The van der Waals surface area contributed by atoms with Crippen molar-refractivity contribution in [3.8, 4) is 0 Å². The molecule has 0 unspecified atom stereocenters. The highest BCUT2D eigenvalue weighted by Crippen LogP contribution is 2.48. The van der Waals surface area contributed by atoms with Gasteiger partial charge in [-0.1, -0.05) is 23.7 Å². The van der Waals surface area contributed by atoms with Crippen LogP contribution in [0.2, 0.25) is 5.02 Å². The Morgan fingerprint density at radius 1 is 1.47 bits per heavy atom. The lowest BCUT2D eigenvalue weighted by molar-refractivity contribution is -0.149. The van der Waals surface area contributed by atoms with Gasteiger partial charge >= 0.3 is 5.97 Å². The topological polar surface area (TPSA) is 38.3 Å². The molecule has 0 spiro atoms. The number of carbonyl (C=O) groups is 1. The van der Waals surface area contributed by atoms with Crippen LogP contribution in [-0.2, 0) is 9.53 Å². The number of hydrogen-bond acceptors (Lipinski definition) is 3. The first kappa shape index (κ1) is 12.8. The molecule has 0 saturated heterocycles. The maximum absolute atomic E-state index is 11.9. The molecule has 3 rings (SSSR count). The Hall–Kier alpha value is -1.22. The second-order valence-corrected chi connectivity index (χ2v) is 5.73. The Balaban J connectivity index is 1.81. The average Bonchev–Trinajstić information content (AvgIpc) is 2.78. The van der Waals surface area contributed by atoms with Crippen LogP contribution in [0.1, 0.15) is 37.7 Å². The van der Waals surface area contributed by atoms with Crippen molar-refractivity contribution in [2.75, 3.05) is 11.9 Å². The zero-order chi connectivity index (χ0) is 13.4. The minimum Gasteiger partial charge on any atom is -0.466 e. The number of hydrogen-bond donors (Lipinski definition) is 1. The van der Waals surface area contributed by atoms with Crippen molar-refractivity contribution in [3.05, 3.63) is 28.8 Å². The summed E-state index contributed by atoms with van der Waals surface area (Å²) in [5, 5.41) is 4.29. The number of anilines is 1. The fourth-order valence-electron chi connectivity index (χ4n) is 3.35. The molecule has 19 heavy (non-hydrogen) atoms. The van der Waals surface area contributed by atoms with Gasteiger partial charge in [-0.15, -0.1) is 0 Å². The molecule has 1 aliphatic heterocycles. The van der Waals surface area contributed by atoms with Crippen LogP contribution in [0.25, 0.3) is 0 Å². The minimum atomic E-state index is -0.0450. The molecule has 3 atom stereocenters. The van der Waals surface area contributed by atoms with Gasteiger partial charge in [0.2, 0.25) is 0 Å². The van der Waals surface area contributed by atoms with E-state index in [1.807, 2.05) is 19.1 Å². The van der Waals surface area contributed by atoms with Crippen LogP contribution in [0.4, 0.5) is 5.69 Å². The van der Waals surface area contributed by atoms with Gasteiger partial charge in [-0.05, 0) is 37.8 Å². The molecule has 1 fully saturated rings. The van der Waals surface area contributed by atoms with E-state index in [-0.39, 0.29) is 11.9 Å². The van der Waals surface area contributed by atoms with E-state index in [1.54, 1.807) is 0 Å². The first-order chi connectivity index (χ1) is 9.20. The standard InChI is InChI=1S/C15H18ClNO2/c1-2-19-15(18)9-6-7-13-11(8-9)10-4-3-5-12(16)14(10)17-13/h3-5,9,11,13,17H,2,6-8H2,1H3/t9-,11-,13+/m0/s1. The second kappa shape index (κ2) is 5.04. The van der Waals surface area contributed by atoms with Gasteiger partial charge in [0, 0.05) is 12.0 Å². The zero-order valence-corrected chi connectivity index (χ0v) is 11.7. The van der Waals surface area contributed by atoms with Gasteiger partial charge in [-0.25, -0.2) is 0 Å². The quantitative estimate of drug-likeness (QED) is 0.841. The van der Waals surface area contributed by atoms with E-state index in [1.165, 1.54) is 5.56 Å². The fraction of sp³-hybridized carbons (Fsp3) is 0.533. The monoisotopic (exact) mass is 279 g/mol. The summed E-state index contributed by atoms with van der Waals surface area (Å²) in [6.45, 7) is 2.32. The molecule has 1 N–H and O–H groups in total. The molecule has 0 amide bonds. The van der Waals surface area contributed by atoms with E-state index in [9.17, 15) is 4.79 Å². The van der Waals surface area contributed by atoms with Crippen LogP contribution in [0.3, 0.4) is 0 Å². The van der Waals surface area contributed by atoms with Gasteiger partial charge in [0.25, 0.3) is 0 Å². The number of halogens is 1. The summed E-state index contributed by atoms with van der Waals surface area (Å²) in [5.41, 5.74) is 2.31. The third-order valence-corrected chi connectivity index (χ3v) is 4.56. The van der Waals surface area contributed by atoms with E-state index in [0.717, 1.165) is 30.0 Å². The summed E-state index contributed by atoms with van der Waals surface area (Å²) in [6, 6.07) is 6.43. The number of ether oxygens (including phenoxy) is 1. The predicted molar refractivity (Wildman–Crippen MR) is 75.6 cm³/mol. The number of rotatable bonds is 2. The maximum atomic E-state index is 11.9. The normalized spacial score (nSPS) is 28.2. The third kappa shape index (κ3) is 2.20. The molecule has 4 heteroatoms. The van der Waals surface area contributed by atoms with Crippen LogP contribution in [0.15, 0.2) is 18.2 Å². The lowest BCUT2D eigenvalue weighted by atomic mass is 9.77. The molecular weight excluding hydrogens is 262 g/mol. The molecule has 0 bridgehead atoms. The summed E-state index contributed by atoms with van der Waals surface area (Å²) in [4.78, 5) is 11.9. The predicted octanol–water partition coefficient (Wildman–Crippen LogP) is 3.58. The number of carbonyl (C=O) groups excluding carboxylic acids is 1. The first-order valence-electron chi connectivity index (χ1n) is 6.92. The van der Waals surface area contributed by atoms with Crippen LogP contribution in [0, 0.1) is 5.92 Å². The Labute approximate surface area is 118 Å². The summed E-state index contributed by atoms with van der Waals surface area (Å²) in [6.07, 6.45) is 2.77. The third-order valence-electron chi connectivity index (χ3n) is 4.25. The number of para-hydroxylation sites is 1. The molecular formula is C15H18ClNO2. The van der Waals surface area contributed by atoms with Gasteiger partial charge in [0.15, 0.2) is 0 Å². The Bertz CT molecular complexity index is 503. The number of nitrogens with one attached hydrogen (secondary N) is 1. The number of benzene rings is 1. The summed E-state index contributed by atoms with van der Waals surface area (Å²) in [5.74, 6) is 0.376. The highest BCUT2D eigenvalue weighted by Gasteiger charge is 2.40. The molecule has 1 aliphatic carbocycles. The maximum Gasteiger partial charge on any atom is 0.308 e. The van der Waals surface area contributed by atoms with Crippen LogP contribution >= 0.6 is 11.6 Å². The lowest BCUT2D eigenvalue weighted by Crippen LogP contribution is -2.32. The van der Waals surface area contributed by atoms with Gasteiger partial charge in [-0.3, -0.25) is 4.79 Å². The molecule has 0 radical (unpaired) electrons. The molecule has 1 saturated carbocycles. The molecule has 1 heterocycles. The van der Waals surface area contributed by atoms with Gasteiger partial charge in [0.05, 0.1) is 23.2 Å². The van der Waals surface area contributed by atoms with Gasteiger partial charge < -0.3 is 10.1 Å². The first-order valence-corrected chi connectivity index (χ1v) is 7.30. The largest absolute Gasteiger partial charge is 0.466 e. The van der Waals surface area contributed by atoms with Crippen molar-refractivity contribution >= 4 is 23.3 Å². The molecule has 1 aromatic rings. The lowest BCUT2D eigenvalue weighted by Gasteiger charge is -2.30. The molecule has 1 aromatic carbocycles. The van der Waals surface area contributed by atoms with Crippen molar-refractivity contribution in [2.45, 2.75) is 38.1 Å². The van der Waals surface area contributed by atoms with Crippen molar-refractivity contribution in [2.24, 2.45) is 5.92 Å². The molecule has 0 aromatic heterocycles. The van der Waals surface area contributed by atoms with E-state index in [4.69, 9.17) is 16.3 Å². The van der Waals surface area contributed by atoms with Crippen molar-refractivity contribution in [1.82, 2.24) is 0 Å². The van der Waals surface area contributed by atoms with Crippen LogP contribution < -0.4 is 5.32 Å². The number of esters is 1. The van der Waals surface area contributed by atoms with Crippen molar-refractivity contribution < 1.29 is 9.53 Å². The highest BCUT2D eigenvalue weighted by atomic mass is 35.5. The molecule has 102 valence electrons. The van der Waals surface area contributed by atoms with E-state index < -0.39 is 0 Å². The molecule has 3 nitrogen and oxygen atoms in total. The second-order valence-electron chi connectivity index (χ2n) is 5.32. The van der Waals surface area contributed by atoms with E-state index in [2.05, 4.69) is 11.4 Å². The minimum absolute atomic E-state index is 0.0351. The smallest absolute Gasteiger partial charge is 0.308 e. The Morgan fingerprint density at radius 2 is 2.32 bits per heavy atom. The SMILES string of the molecule is CCOC(=O)[C@H]1CC[C@H]2Nc3c(Cl)cccc3[C@@H]2C1. The van der Waals surface area contributed by atoms with E-state index >= 15 is 0 Å². The van der Waals surface area contributed by atoms with E-state index in [0.29, 0.717) is 18.6 Å². The fourth-order valence-corrected chi connectivity index (χ4v) is 3.59. The average molecular weight is 280 g/mol. The van der Waals surface area contributed by atoms with Crippen LogP contribution in [-0.4, -0.2) is 18.6 Å². The number of fused-ring (bicyclic) bond motifs is 3. The Kier molecular flexibility index (Phi) is 3.40. The van der Waals surface area contributed by atoms with Gasteiger partial charge in [-0.2, -0.15) is 0 Å². The van der Waals surface area contributed by atoms with Crippen LogP contribution in [0.5, 0.6) is 0 Å². The summed E-state index contributed by atoms with van der Waals surface area (Å²) in [7, 11) is 0. The Morgan fingerprint density at radius 3 is 3.11 bits per heavy atom. The van der Waals surface area contributed by atoms with Crippen molar-refractivity contribution in [3.63, 3.8) is 0 Å². The van der Waals surface area contributed by atoms with Gasteiger partial charge in [0.1, 0.15) is 0 Å². The summed E-state index contributed by atoms with van der Waals surface area (Å²) < 4.78 is 5.16.